The van der Waals surface area contributed by atoms with E-state index in [0.29, 0.717) is 19.0 Å². The maximum atomic E-state index is 11.6. The van der Waals surface area contributed by atoms with Gasteiger partial charge in [0.25, 0.3) is 0 Å². The lowest BCUT2D eigenvalue weighted by Crippen LogP contribution is -2.15. The van der Waals surface area contributed by atoms with Crippen molar-refractivity contribution in [2.24, 2.45) is 0 Å². The van der Waals surface area contributed by atoms with Gasteiger partial charge in [0.2, 0.25) is 0 Å². The molecule has 1 aromatic rings. The number of hydrogen-bond acceptors (Lipinski definition) is 5. The van der Waals surface area contributed by atoms with Crippen LogP contribution in [0.5, 0.6) is 5.75 Å². The SMILES string of the molecule is COCc1cc(C(C)(C)C)cc(COC)c1OS(=O)OC. The molecule has 0 fully saturated rings. The van der Waals surface area contributed by atoms with Gasteiger partial charge in [-0.1, -0.05) is 20.8 Å². The summed E-state index contributed by atoms with van der Waals surface area (Å²) >= 11 is -1.84. The van der Waals surface area contributed by atoms with Crippen LogP contribution in [0.25, 0.3) is 0 Å². The zero-order valence-electron chi connectivity index (χ0n) is 13.5. The van der Waals surface area contributed by atoms with Crippen molar-refractivity contribution in [2.75, 3.05) is 21.3 Å². The first kappa shape index (κ1) is 18.1. The Hall–Kier alpha value is -0.950. The molecule has 0 bridgehead atoms. The number of benzene rings is 1. The highest BCUT2D eigenvalue weighted by Gasteiger charge is 2.21. The van der Waals surface area contributed by atoms with Gasteiger partial charge in [-0.2, -0.15) is 4.21 Å². The molecule has 0 saturated heterocycles. The molecule has 6 heteroatoms. The minimum Gasteiger partial charge on any atom is -0.380 e. The van der Waals surface area contributed by atoms with Crippen LogP contribution in [0.2, 0.25) is 0 Å². The Balaban J connectivity index is 3.38. The quantitative estimate of drug-likeness (QED) is 0.774. The predicted molar refractivity (Wildman–Crippen MR) is 82.3 cm³/mol. The molecule has 0 N–H and O–H groups in total. The first-order valence-electron chi connectivity index (χ1n) is 6.62. The molecule has 1 unspecified atom stereocenters. The van der Waals surface area contributed by atoms with Crippen LogP contribution in [-0.4, -0.2) is 25.5 Å². The molecular formula is C15H24O5S. The van der Waals surface area contributed by atoms with Crippen LogP contribution in [-0.2, 0) is 43.6 Å². The van der Waals surface area contributed by atoms with Gasteiger partial charge in [0.15, 0.2) is 5.75 Å². The highest BCUT2D eigenvalue weighted by molar-refractivity contribution is 7.75. The van der Waals surface area contributed by atoms with Crippen molar-refractivity contribution < 1.29 is 22.0 Å². The molecule has 0 aliphatic carbocycles. The molecule has 0 aliphatic rings. The topological polar surface area (TPSA) is 54.0 Å². The Morgan fingerprint density at radius 1 is 1.00 bits per heavy atom. The summed E-state index contributed by atoms with van der Waals surface area (Å²) in [6.45, 7) is 7.10. The number of hydrogen-bond donors (Lipinski definition) is 0. The minimum absolute atomic E-state index is 0.0239. The second kappa shape index (κ2) is 7.89. The Labute approximate surface area is 129 Å². The van der Waals surface area contributed by atoms with Gasteiger partial charge in [0.1, 0.15) is 0 Å². The lowest BCUT2D eigenvalue weighted by atomic mass is 9.85. The van der Waals surface area contributed by atoms with E-state index in [9.17, 15) is 4.21 Å². The normalized spacial score (nSPS) is 13.2. The number of rotatable bonds is 7. The zero-order chi connectivity index (χ0) is 16.0. The first-order valence-corrected chi connectivity index (χ1v) is 7.62. The monoisotopic (exact) mass is 316 g/mol. The Morgan fingerprint density at radius 2 is 1.48 bits per heavy atom. The van der Waals surface area contributed by atoms with Gasteiger partial charge in [-0.05, 0) is 23.1 Å². The van der Waals surface area contributed by atoms with Gasteiger partial charge in [0.05, 0.1) is 20.3 Å². The molecule has 5 nitrogen and oxygen atoms in total. The Kier molecular flexibility index (Phi) is 6.80. The van der Waals surface area contributed by atoms with Gasteiger partial charge in [-0.15, -0.1) is 0 Å². The smallest absolute Gasteiger partial charge is 0.359 e. The summed E-state index contributed by atoms with van der Waals surface area (Å²) in [6, 6.07) is 4.01. The van der Waals surface area contributed by atoms with Crippen LogP contribution < -0.4 is 4.18 Å². The highest BCUT2D eigenvalue weighted by atomic mass is 32.2. The minimum atomic E-state index is -1.84. The third-order valence-corrected chi connectivity index (χ3v) is 3.57. The van der Waals surface area contributed by atoms with Crippen LogP contribution in [0.4, 0.5) is 0 Å². The van der Waals surface area contributed by atoms with Crippen LogP contribution in [0.15, 0.2) is 12.1 Å². The Bertz CT molecular complexity index is 466. The summed E-state index contributed by atoms with van der Waals surface area (Å²) in [5, 5.41) is 0. The molecule has 0 heterocycles. The van der Waals surface area contributed by atoms with E-state index in [1.165, 1.54) is 7.11 Å². The third-order valence-electron chi connectivity index (χ3n) is 3.00. The second-order valence-corrected chi connectivity index (χ2v) is 6.60. The lowest BCUT2D eigenvalue weighted by Gasteiger charge is -2.23. The van der Waals surface area contributed by atoms with Gasteiger partial charge < -0.3 is 13.7 Å². The summed E-state index contributed by atoms with van der Waals surface area (Å²) in [5.74, 6) is 0.492. The van der Waals surface area contributed by atoms with Gasteiger partial charge >= 0.3 is 11.4 Å². The fraction of sp³-hybridized carbons (Fsp3) is 0.600. The number of methoxy groups -OCH3 is 2. The van der Waals surface area contributed by atoms with E-state index in [1.54, 1.807) is 14.2 Å². The van der Waals surface area contributed by atoms with Crippen molar-refractivity contribution in [1.82, 2.24) is 0 Å². The predicted octanol–water partition coefficient (Wildman–Crippen LogP) is 2.88. The first-order chi connectivity index (χ1) is 9.83. The third kappa shape index (κ3) is 5.07. The maximum Gasteiger partial charge on any atom is 0.359 e. The summed E-state index contributed by atoms with van der Waals surface area (Å²) in [6.07, 6.45) is 0. The van der Waals surface area contributed by atoms with Crippen molar-refractivity contribution in [3.63, 3.8) is 0 Å². The van der Waals surface area contributed by atoms with Gasteiger partial charge in [-0.3, -0.25) is 4.18 Å². The van der Waals surface area contributed by atoms with Crippen molar-refractivity contribution in [3.05, 3.63) is 28.8 Å². The largest absolute Gasteiger partial charge is 0.380 e. The molecule has 1 rings (SSSR count). The molecular weight excluding hydrogens is 292 g/mol. The lowest BCUT2D eigenvalue weighted by molar-refractivity contribution is 0.176. The molecule has 0 aliphatic heterocycles. The van der Waals surface area contributed by atoms with Crippen molar-refractivity contribution in [2.45, 2.75) is 39.4 Å². The molecule has 0 saturated carbocycles. The second-order valence-electron chi connectivity index (χ2n) is 5.69. The van der Waals surface area contributed by atoms with E-state index in [2.05, 4.69) is 25.0 Å². The van der Waals surface area contributed by atoms with Crippen molar-refractivity contribution >= 4 is 11.4 Å². The average Bonchev–Trinajstić information content (AvgIpc) is 2.41. The fourth-order valence-electron chi connectivity index (χ4n) is 1.92. The van der Waals surface area contributed by atoms with Crippen LogP contribution >= 0.6 is 0 Å². The molecule has 0 amide bonds. The fourth-order valence-corrected chi connectivity index (χ4v) is 2.34. The van der Waals surface area contributed by atoms with E-state index in [4.69, 9.17) is 13.7 Å². The summed E-state index contributed by atoms with van der Waals surface area (Å²) in [4.78, 5) is 0. The van der Waals surface area contributed by atoms with E-state index in [-0.39, 0.29) is 5.41 Å². The summed E-state index contributed by atoms with van der Waals surface area (Å²) < 4.78 is 32.1. The van der Waals surface area contributed by atoms with E-state index in [1.807, 2.05) is 12.1 Å². The standard InChI is InChI=1S/C15H24O5S/c1-15(2,3)13-7-11(9-17-4)14(20-21(16)19-6)12(8-13)10-18-5/h7-8H,9-10H2,1-6H3. The van der Waals surface area contributed by atoms with Crippen LogP contribution in [0.1, 0.15) is 37.5 Å². The molecule has 1 aromatic carbocycles. The molecule has 0 radical (unpaired) electrons. The zero-order valence-corrected chi connectivity index (χ0v) is 14.3. The van der Waals surface area contributed by atoms with Gasteiger partial charge in [0, 0.05) is 25.3 Å². The number of ether oxygens (including phenoxy) is 2. The summed E-state index contributed by atoms with van der Waals surface area (Å²) in [5.41, 5.74) is 2.76. The molecule has 120 valence electrons. The van der Waals surface area contributed by atoms with Crippen LogP contribution in [0, 0.1) is 0 Å². The molecule has 1 atom stereocenters. The molecule has 21 heavy (non-hydrogen) atoms. The van der Waals surface area contributed by atoms with Crippen molar-refractivity contribution in [1.29, 1.82) is 0 Å². The Morgan fingerprint density at radius 3 is 1.81 bits per heavy atom. The average molecular weight is 316 g/mol. The maximum absolute atomic E-state index is 11.6. The molecule has 0 aromatic heterocycles. The van der Waals surface area contributed by atoms with Crippen molar-refractivity contribution in [3.8, 4) is 5.75 Å². The van der Waals surface area contributed by atoms with E-state index >= 15 is 0 Å². The van der Waals surface area contributed by atoms with Gasteiger partial charge in [-0.25, -0.2) is 0 Å². The molecule has 0 spiro atoms. The highest BCUT2D eigenvalue weighted by Crippen LogP contribution is 2.33. The van der Waals surface area contributed by atoms with E-state index < -0.39 is 11.4 Å². The summed E-state index contributed by atoms with van der Waals surface area (Å²) in [7, 11) is 4.54. The van der Waals surface area contributed by atoms with Crippen LogP contribution in [0.3, 0.4) is 0 Å². The van der Waals surface area contributed by atoms with E-state index in [0.717, 1.165) is 16.7 Å².